The first kappa shape index (κ1) is 10.4. The highest BCUT2D eigenvalue weighted by Crippen LogP contribution is 2.34. The van der Waals surface area contributed by atoms with Gasteiger partial charge in [0.05, 0.1) is 10.5 Å². The van der Waals surface area contributed by atoms with Gasteiger partial charge < -0.3 is 5.11 Å². The Hall–Kier alpha value is -1.80. The first-order valence-electron chi connectivity index (χ1n) is 5.34. The lowest BCUT2D eigenvalue weighted by molar-refractivity contribution is 0.476. The third-order valence-electron chi connectivity index (χ3n) is 2.92. The molecule has 0 unspecified atom stereocenters. The molecular weight excluding hydrogens is 234 g/mol. The fraction of sp³-hybridized carbons (Fsp3) is 0.0714. The van der Waals surface area contributed by atoms with Gasteiger partial charge >= 0.3 is 0 Å². The van der Waals surface area contributed by atoms with Gasteiger partial charge in [0.25, 0.3) is 0 Å². The van der Waals surface area contributed by atoms with E-state index in [1.54, 1.807) is 6.07 Å². The topological polar surface area (TPSA) is 33.1 Å². The minimum absolute atomic E-state index is 0.204. The number of nitrogens with zero attached hydrogens (tertiary/aromatic N) is 1. The Morgan fingerprint density at radius 3 is 2.76 bits per heavy atom. The summed E-state index contributed by atoms with van der Waals surface area (Å²) in [4.78, 5) is 4.46. The predicted molar refractivity (Wildman–Crippen MR) is 70.7 cm³/mol. The van der Waals surface area contributed by atoms with Crippen LogP contribution in [0.25, 0.3) is 21.8 Å². The number of aromatic hydroxyl groups is 1. The van der Waals surface area contributed by atoms with Crippen LogP contribution >= 0.6 is 11.6 Å². The summed E-state index contributed by atoms with van der Waals surface area (Å²) >= 11 is 6.18. The van der Waals surface area contributed by atoms with E-state index in [-0.39, 0.29) is 5.75 Å². The van der Waals surface area contributed by atoms with Gasteiger partial charge in [-0.25, -0.2) is 4.98 Å². The SMILES string of the molecule is Cc1cc(Cl)c2cc3ccccc3nc2c1O. The number of hydrogen-bond acceptors (Lipinski definition) is 2. The second-order valence-corrected chi connectivity index (χ2v) is 4.51. The molecule has 1 aromatic heterocycles. The number of phenols is 1. The highest BCUT2D eigenvalue weighted by molar-refractivity contribution is 6.36. The maximum absolute atomic E-state index is 10.0. The fourth-order valence-corrected chi connectivity index (χ4v) is 2.31. The molecule has 1 heterocycles. The summed E-state index contributed by atoms with van der Waals surface area (Å²) in [5.74, 6) is 0.204. The normalized spacial score (nSPS) is 11.2. The standard InChI is InChI=1S/C14H10ClNO/c1-8-6-11(15)10-7-9-4-2-3-5-12(9)16-13(10)14(8)17/h2-7,17H,1H3. The molecule has 0 aliphatic rings. The van der Waals surface area contributed by atoms with Crippen molar-refractivity contribution in [2.75, 3.05) is 0 Å². The molecule has 0 spiro atoms. The fourth-order valence-electron chi connectivity index (χ4n) is 2.00. The van der Waals surface area contributed by atoms with Gasteiger partial charge in [-0.05, 0) is 30.7 Å². The quantitative estimate of drug-likeness (QED) is 0.604. The molecule has 84 valence electrons. The van der Waals surface area contributed by atoms with E-state index in [0.717, 1.165) is 21.9 Å². The van der Waals surface area contributed by atoms with Crippen molar-refractivity contribution >= 4 is 33.4 Å². The molecule has 2 aromatic carbocycles. The number of halogens is 1. The molecule has 0 fully saturated rings. The van der Waals surface area contributed by atoms with E-state index < -0.39 is 0 Å². The van der Waals surface area contributed by atoms with Gasteiger partial charge in [-0.1, -0.05) is 29.8 Å². The van der Waals surface area contributed by atoms with Crippen LogP contribution < -0.4 is 0 Å². The van der Waals surface area contributed by atoms with Crippen molar-refractivity contribution in [1.29, 1.82) is 0 Å². The molecule has 1 N–H and O–H groups in total. The summed E-state index contributed by atoms with van der Waals surface area (Å²) in [5.41, 5.74) is 2.16. The van der Waals surface area contributed by atoms with Crippen LogP contribution in [-0.2, 0) is 0 Å². The maximum Gasteiger partial charge on any atom is 0.144 e. The van der Waals surface area contributed by atoms with Crippen molar-refractivity contribution in [2.24, 2.45) is 0 Å². The van der Waals surface area contributed by atoms with Crippen molar-refractivity contribution in [3.05, 3.63) is 47.0 Å². The number of fused-ring (bicyclic) bond motifs is 2. The first-order valence-corrected chi connectivity index (χ1v) is 5.72. The number of benzene rings is 2. The van der Waals surface area contributed by atoms with E-state index in [4.69, 9.17) is 11.6 Å². The molecule has 3 aromatic rings. The van der Waals surface area contributed by atoms with Gasteiger partial charge in [0.2, 0.25) is 0 Å². The van der Waals surface area contributed by atoms with Crippen LogP contribution in [0.15, 0.2) is 36.4 Å². The van der Waals surface area contributed by atoms with Crippen LogP contribution in [0.3, 0.4) is 0 Å². The van der Waals surface area contributed by atoms with E-state index in [1.165, 1.54) is 0 Å². The summed E-state index contributed by atoms with van der Waals surface area (Å²) < 4.78 is 0. The van der Waals surface area contributed by atoms with Gasteiger partial charge in [0, 0.05) is 10.8 Å². The molecule has 0 aliphatic carbocycles. The molecule has 0 atom stereocenters. The molecule has 17 heavy (non-hydrogen) atoms. The van der Waals surface area contributed by atoms with Crippen molar-refractivity contribution in [2.45, 2.75) is 6.92 Å². The Kier molecular flexibility index (Phi) is 2.20. The van der Waals surface area contributed by atoms with E-state index in [0.29, 0.717) is 10.5 Å². The van der Waals surface area contributed by atoms with Gasteiger partial charge in [-0.15, -0.1) is 0 Å². The van der Waals surface area contributed by atoms with Gasteiger partial charge in [0.1, 0.15) is 11.3 Å². The summed E-state index contributed by atoms with van der Waals surface area (Å²) in [6.45, 7) is 1.82. The van der Waals surface area contributed by atoms with Gasteiger partial charge in [0.15, 0.2) is 0 Å². The number of para-hydroxylation sites is 1. The highest BCUT2D eigenvalue weighted by atomic mass is 35.5. The van der Waals surface area contributed by atoms with E-state index in [9.17, 15) is 5.11 Å². The van der Waals surface area contributed by atoms with Crippen LogP contribution in [0, 0.1) is 6.92 Å². The predicted octanol–water partition coefficient (Wildman–Crippen LogP) is 4.06. The average Bonchev–Trinajstić information content (AvgIpc) is 2.34. The third kappa shape index (κ3) is 1.53. The Balaban J connectivity index is 2.56. The zero-order valence-electron chi connectivity index (χ0n) is 9.24. The monoisotopic (exact) mass is 243 g/mol. The van der Waals surface area contributed by atoms with Crippen LogP contribution in [0.1, 0.15) is 5.56 Å². The van der Waals surface area contributed by atoms with Crippen LogP contribution in [0.4, 0.5) is 0 Å². The van der Waals surface area contributed by atoms with E-state index in [1.807, 2.05) is 37.3 Å². The zero-order valence-corrected chi connectivity index (χ0v) is 9.99. The number of phenolic OH excluding ortho intramolecular Hbond substituents is 1. The minimum atomic E-state index is 0.204. The molecule has 3 heteroatoms. The van der Waals surface area contributed by atoms with Crippen LogP contribution in [0.5, 0.6) is 5.75 Å². The number of hydrogen-bond donors (Lipinski definition) is 1. The van der Waals surface area contributed by atoms with Crippen molar-refractivity contribution in [3.8, 4) is 5.75 Å². The molecule has 0 bridgehead atoms. The molecule has 0 saturated heterocycles. The van der Waals surface area contributed by atoms with E-state index in [2.05, 4.69) is 4.98 Å². The second kappa shape index (κ2) is 3.60. The third-order valence-corrected chi connectivity index (χ3v) is 3.24. The Labute approximate surface area is 103 Å². The Morgan fingerprint density at radius 1 is 1.18 bits per heavy atom. The lowest BCUT2D eigenvalue weighted by Crippen LogP contribution is -1.86. The van der Waals surface area contributed by atoms with Crippen LogP contribution in [0.2, 0.25) is 5.02 Å². The zero-order chi connectivity index (χ0) is 12.0. The number of rotatable bonds is 0. The molecule has 0 saturated carbocycles. The van der Waals surface area contributed by atoms with Crippen LogP contribution in [-0.4, -0.2) is 10.1 Å². The molecule has 2 nitrogen and oxygen atoms in total. The summed E-state index contributed by atoms with van der Waals surface area (Å²) in [7, 11) is 0. The number of aryl methyl sites for hydroxylation is 1. The Bertz CT molecular complexity index is 737. The van der Waals surface area contributed by atoms with Gasteiger partial charge in [-0.2, -0.15) is 0 Å². The summed E-state index contributed by atoms with van der Waals surface area (Å²) in [6.07, 6.45) is 0. The summed E-state index contributed by atoms with van der Waals surface area (Å²) in [6, 6.07) is 11.5. The molecule has 3 rings (SSSR count). The number of pyridine rings is 1. The average molecular weight is 244 g/mol. The minimum Gasteiger partial charge on any atom is -0.505 e. The van der Waals surface area contributed by atoms with Crippen molar-refractivity contribution < 1.29 is 5.11 Å². The lowest BCUT2D eigenvalue weighted by Gasteiger charge is -2.07. The molecular formula is C14H10ClNO. The van der Waals surface area contributed by atoms with Crippen molar-refractivity contribution in [3.63, 3.8) is 0 Å². The molecule has 0 radical (unpaired) electrons. The summed E-state index contributed by atoms with van der Waals surface area (Å²) in [5, 5.41) is 12.4. The lowest BCUT2D eigenvalue weighted by atomic mass is 10.1. The number of aromatic nitrogens is 1. The first-order chi connectivity index (χ1) is 8.16. The molecule has 0 aliphatic heterocycles. The highest BCUT2D eigenvalue weighted by Gasteiger charge is 2.10. The smallest absolute Gasteiger partial charge is 0.144 e. The largest absolute Gasteiger partial charge is 0.505 e. The van der Waals surface area contributed by atoms with Crippen molar-refractivity contribution in [1.82, 2.24) is 4.98 Å². The Morgan fingerprint density at radius 2 is 1.94 bits per heavy atom. The second-order valence-electron chi connectivity index (χ2n) is 4.10. The molecule has 0 amide bonds. The van der Waals surface area contributed by atoms with E-state index >= 15 is 0 Å². The maximum atomic E-state index is 10.0. The van der Waals surface area contributed by atoms with Gasteiger partial charge in [-0.3, -0.25) is 0 Å².